The van der Waals surface area contributed by atoms with Crippen LogP contribution in [0.25, 0.3) is 0 Å². The number of amides is 2. The van der Waals surface area contributed by atoms with Crippen molar-refractivity contribution in [1.82, 2.24) is 20.4 Å². The number of aromatic nitrogens is 2. The Morgan fingerprint density at radius 2 is 2.20 bits per heavy atom. The van der Waals surface area contributed by atoms with Crippen molar-refractivity contribution >= 4 is 22.8 Å². The minimum Gasteiger partial charge on any atom is -0.479 e. The first-order valence-corrected chi connectivity index (χ1v) is 7.51. The van der Waals surface area contributed by atoms with Crippen LogP contribution in [-0.4, -0.2) is 49.1 Å². The van der Waals surface area contributed by atoms with Gasteiger partial charge in [0, 0.05) is 47.7 Å². The molecule has 1 aromatic rings. The second-order valence-corrected chi connectivity index (χ2v) is 6.18. The van der Waals surface area contributed by atoms with Crippen LogP contribution in [0, 0.1) is 0 Å². The van der Waals surface area contributed by atoms with Gasteiger partial charge in [-0.3, -0.25) is 8.89 Å². The van der Waals surface area contributed by atoms with Crippen LogP contribution in [0.5, 0.6) is 0 Å². The van der Waals surface area contributed by atoms with Crippen molar-refractivity contribution in [1.29, 1.82) is 0 Å². The monoisotopic (exact) mass is 302 g/mol. The van der Waals surface area contributed by atoms with Crippen LogP contribution < -0.4 is 10.6 Å². The summed E-state index contributed by atoms with van der Waals surface area (Å²) in [4.78, 5) is 22.8. The molecule has 0 saturated heterocycles. The highest BCUT2D eigenvalue weighted by Crippen LogP contribution is 2.11. The Morgan fingerprint density at radius 3 is 2.65 bits per heavy atom. The lowest BCUT2D eigenvalue weighted by Gasteiger charge is -2.15. The molecule has 112 valence electrons. The molecule has 0 spiro atoms. The smallest absolute Gasteiger partial charge is 0.331 e. The van der Waals surface area contributed by atoms with Gasteiger partial charge in [0.15, 0.2) is 6.04 Å². The summed E-state index contributed by atoms with van der Waals surface area (Å²) in [5.41, 5.74) is 0.377. The van der Waals surface area contributed by atoms with Gasteiger partial charge in [0.1, 0.15) is 0 Å². The molecule has 3 atom stereocenters. The first-order valence-electron chi connectivity index (χ1n) is 5.89. The predicted octanol–water partition coefficient (Wildman–Crippen LogP) is -0.388. The number of nitrogens with zero attached hydrogens (tertiary/aromatic N) is 2. The molecule has 20 heavy (non-hydrogen) atoms. The molecule has 0 aliphatic heterocycles. The maximum Gasteiger partial charge on any atom is 0.331 e. The van der Waals surface area contributed by atoms with Gasteiger partial charge in [-0.1, -0.05) is 0 Å². The minimum absolute atomic E-state index is 0.203. The lowest BCUT2D eigenvalue weighted by molar-refractivity contribution is -0.139. The number of carbonyl (C=O) groups is 2. The average molecular weight is 302 g/mol. The topological polar surface area (TPSA) is 113 Å². The number of rotatable bonds is 6. The minimum atomic E-state index is -1.18. The summed E-state index contributed by atoms with van der Waals surface area (Å²) in [6.07, 6.45) is 4.44. The molecule has 1 heterocycles. The zero-order valence-electron chi connectivity index (χ0n) is 11.5. The number of hydrogen-bond acceptors (Lipinski definition) is 4. The summed E-state index contributed by atoms with van der Waals surface area (Å²) in [5, 5.41) is 17.6. The molecule has 3 unspecified atom stereocenters. The first kappa shape index (κ1) is 16.2. The Morgan fingerprint density at radius 1 is 1.55 bits per heavy atom. The molecule has 0 saturated carbocycles. The van der Waals surface area contributed by atoms with E-state index in [2.05, 4.69) is 15.7 Å². The molecule has 2 amide bonds. The zero-order valence-corrected chi connectivity index (χ0v) is 12.3. The number of aryl methyl sites for hydroxylation is 1. The van der Waals surface area contributed by atoms with Crippen molar-refractivity contribution in [2.75, 3.05) is 12.8 Å². The lowest BCUT2D eigenvalue weighted by atomic mass is 10.1. The largest absolute Gasteiger partial charge is 0.479 e. The summed E-state index contributed by atoms with van der Waals surface area (Å²) >= 11 is 0. The maximum absolute atomic E-state index is 11.7. The van der Waals surface area contributed by atoms with Crippen LogP contribution >= 0.6 is 0 Å². The maximum atomic E-state index is 11.7. The molecule has 0 bridgehead atoms. The van der Waals surface area contributed by atoms with Crippen molar-refractivity contribution in [3.05, 3.63) is 18.0 Å². The van der Waals surface area contributed by atoms with Gasteiger partial charge < -0.3 is 15.7 Å². The Kier molecular flexibility index (Phi) is 5.68. The molecule has 0 aromatic carbocycles. The van der Waals surface area contributed by atoms with Crippen molar-refractivity contribution in [3.8, 4) is 0 Å². The standard InChI is InChI=1S/C11H18N4O4S/c1-7(20(3)19)4-12-11(18)14-9(10(16)17)8-5-13-15(2)6-8/h5-7,9H,4H2,1-3H3,(H,16,17)(H2,12,14,18). The van der Waals surface area contributed by atoms with Gasteiger partial charge in [0.05, 0.1) is 6.20 Å². The Balaban J connectivity index is 2.61. The fourth-order valence-electron chi connectivity index (χ4n) is 1.41. The summed E-state index contributed by atoms with van der Waals surface area (Å²) in [6, 6.07) is -1.80. The number of aliphatic carboxylic acids is 1. The fraction of sp³-hybridized carbons (Fsp3) is 0.545. The molecule has 8 nitrogen and oxygen atoms in total. The molecule has 9 heteroatoms. The number of nitrogens with one attached hydrogen (secondary N) is 2. The Bertz CT molecular complexity index is 516. The number of urea groups is 1. The van der Waals surface area contributed by atoms with E-state index in [9.17, 15) is 13.8 Å². The SMILES string of the molecule is CC(CNC(=O)NC(C(=O)O)c1cnn(C)c1)S(C)=O. The summed E-state index contributed by atoms with van der Waals surface area (Å²) in [5.74, 6) is -1.18. The number of carboxylic acid groups (broad SMARTS) is 1. The van der Waals surface area contributed by atoms with Gasteiger partial charge >= 0.3 is 12.0 Å². The van der Waals surface area contributed by atoms with Crippen molar-refractivity contribution in [2.45, 2.75) is 18.2 Å². The second-order valence-electron chi connectivity index (χ2n) is 4.38. The Labute approximate surface area is 119 Å². The highest BCUT2D eigenvalue weighted by molar-refractivity contribution is 7.84. The quantitative estimate of drug-likeness (QED) is 0.662. The van der Waals surface area contributed by atoms with Crippen LogP contribution in [0.15, 0.2) is 12.4 Å². The van der Waals surface area contributed by atoms with Crippen molar-refractivity contribution in [3.63, 3.8) is 0 Å². The molecule has 0 aliphatic rings. The van der Waals surface area contributed by atoms with Gasteiger partial charge in [-0.05, 0) is 6.92 Å². The van der Waals surface area contributed by atoms with E-state index in [4.69, 9.17) is 5.11 Å². The molecule has 0 aliphatic carbocycles. The van der Waals surface area contributed by atoms with Crippen LogP contribution in [0.2, 0.25) is 0 Å². The molecular formula is C11H18N4O4S. The summed E-state index contributed by atoms with van der Waals surface area (Å²) < 4.78 is 12.6. The zero-order chi connectivity index (χ0) is 15.3. The molecule has 1 rings (SSSR count). The summed E-state index contributed by atoms with van der Waals surface area (Å²) in [6.45, 7) is 1.93. The Hall–Kier alpha value is -1.90. The van der Waals surface area contributed by atoms with Gasteiger partial charge in [0.25, 0.3) is 0 Å². The third-order valence-electron chi connectivity index (χ3n) is 2.70. The third-order valence-corrected chi connectivity index (χ3v) is 4.00. The van der Waals surface area contributed by atoms with E-state index in [0.29, 0.717) is 5.56 Å². The number of hydrogen-bond donors (Lipinski definition) is 3. The van der Waals surface area contributed by atoms with E-state index in [-0.39, 0.29) is 11.8 Å². The second kappa shape index (κ2) is 7.04. The molecular weight excluding hydrogens is 284 g/mol. The van der Waals surface area contributed by atoms with Crippen molar-refractivity contribution in [2.24, 2.45) is 7.05 Å². The van der Waals surface area contributed by atoms with Crippen LogP contribution in [0.3, 0.4) is 0 Å². The van der Waals surface area contributed by atoms with E-state index >= 15 is 0 Å². The normalized spacial score (nSPS) is 15.2. The number of carbonyl (C=O) groups excluding carboxylic acids is 1. The van der Waals surface area contributed by atoms with Crippen LogP contribution in [-0.2, 0) is 22.6 Å². The van der Waals surface area contributed by atoms with E-state index < -0.39 is 28.8 Å². The molecule has 0 fully saturated rings. The lowest BCUT2D eigenvalue weighted by Crippen LogP contribution is -2.43. The van der Waals surface area contributed by atoms with E-state index in [1.54, 1.807) is 20.2 Å². The predicted molar refractivity (Wildman–Crippen MR) is 73.6 cm³/mol. The average Bonchev–Trinajstić information content (AvgIpc) is 2.78. The van der Waals surface area contributed by atoms with Crippen LogP contribution in [0.1, 0.15) is 18.5 Å². The number of carboxylic acids is 1. The van der Waals surface area contributed by atoms with E-state index in [0.717, 1.165) is 0 Å². The molecule has 3 N–H and O–H groups in total. The third kappa shape index (κ3) is 4.65. The fourth-order valence-corrected chi connectivity index (χ4v) is 1.73. The van der Waals surface area contributed by atoms with Crippen molar-refractivity contribution < 1.29 is 18.9 Å². The van der Waals surface area contributed by atoms with Crippen LogP contribution in [0.4, 0.5) is 4.79 Å². The first-order chi connectivity index (χ1) is 9.31. The highest BCUT2D eigenvalue weighted by atomic mass is 32.2. The van der Waals surface area contributed by atoms with Gasteiger partial charge in [-0.2, -0.15) is 5.10 Å². The van der Waals surface area contributed by atoms with Gasteiger partial charge in [-0.15, -0.1) is 0 Å². The van der Waals surface area contributed by atoms with E-state index in [1.165, 1.54) is 17.1 Å². The highest BCUT2D eigenvalue weighted by Gasteiger charge is 2.23. The van der Waals surface area contributed by atoms with E-state index in [1.807, 2.05) is 0 Å². The van der Waals surface area contributed by atoms with Gasteiger partial charge in [0.2, 0.25) is 0 Å². The molecule has 0 radical (unpaired) electrons. The summed E-state index contributed by atoms with van der Waals surface area (Å²) in [7, 11) is 0.600. The molecule has 1 aromatic heterocycles. The van der Waals surface area contributed by atoms with Gasteiger partial charge in [-0.25, -0.2) is 9.59 Å².